The third-order valence-corrected chi connectivity index (χ3v) is 4.04. The molecule has 0 aliphatic heterocycles. The van der Waals surface area contributed by atoms with E-state index >= 15 is 0 Å². The first kappa shape index (κ1) is 17.8. The fraction of sp³-hybridized carbons (Fsp3) is 0.300. The number of hydrogen-bond acceptors (Lipinski definition) is 5. The van der Waals surface area contributed by atoms with E-state index in [1.165, 1.54) is 0 Å². The molecule has 0 atom stereocenters. The van der Waals surface area contributed by atoms with Crippen LogP contribution in [0.2, 0.25) is 6.04 Å². The van der Waals surface area contributed by atoms with Crippen LogP contribution in [0.25, 0.3) is 5.73 Å². The molecule has 1 rings (SSSR count). The van der Waals surface area contributed by atoms with Crippen LogP contribution in [-0.2, 0) is 20.4 Å². The summed E-state index contributed by atoms with van der Waals surface area (Å²) in [6.45, 7) is 0. The van der Waals surface area contributed by atoms with Crippen LogP contribution in [0.5, 0.6) is 0 Å². The van der Waals surface area contributed by atoms with Crippen LogP contribution in [-0.4, -0.2) is 34.1 Å². The second-order valence-corrected chi connectivity index (χ2v) is 6.68. The third kappa shape index (κ3) is 6.66. The van der Waals surface area contributed by atoms with Crippen molar-refractivity contribution < 1.29 is 39.6 Å². The van der Waals surface area contributed by atoms with Crippen molar-refractivity contribution in [2.75, 3.05) is 5.75 Å². The number of carbonyl (C=O) groups is 1. The van der Waals surface area contributed by atoms with Gasteiger partial charge in [0.2, 0.25) is 5.12 Å². The standard InChI is InChI=1S/C10H15NO4SSi.Pd/c11-9-5-2-1-4-8(9)10(12)16-6-3-7-17(13,14)15;/h1-2,4-5,13-15H,3,6-7H2,(H2,11,12);/p-1. The molecular formula is C10H14NO4PdSSi-. The number of hydrogen-bond donors (Lipinski definition) is 3. The molecule has 0 heterocycles. The predicted octanol–water partition coefficient (Wildman–Crippen LogP) is 1.55. The monoisotopic (exact) mass is 378 g/mol. The van der Waals surface area contributed by atoms with Crippen molar-refractivity contribution in [1.29, 1.82) is 0 Å². The van der Waals surface area contributed by atoms with Gasteiger partial charge in [0, 0.05) is 37.8 Å². The maximum absolute atomic E-state index is 11.7. The maximum Gasteiger partial charge on any atom is 0.492 e. The van der Waals surface area contributed by atoms with Gasteiger partial charge in [-0.25, -0.2) is 0 Å². The van der Waals surface area contributed by atoms with Gasteiger partial charge in [-0.3, -0.25) is 4.79 Å². The van der Waals surface area contributed by atoms with Gasteiger partial charge in [0.05, 0.1) is 0 Å². The average molecular weight is 379 g/mol. The maximum atomic E-state index is 11.7. The number of benzene rings is 1. The van der Waals surface area contributed by atoms with Crippen molar-refractivity contribution in [1.82, 2.24) is 0 Å². The first-order valence-corrected chi connectivity index (χ1v) is 8.08. The van der Waals surface area contributed by atoms with E-state index in [1.54, 1.807) is 24.3 Å². The zero-order valence-corrected chi connectivity index (χ0v) is 12.8. The van der Waals surface area contributed by atoms with Crippen LogP contribution in [0.15, 0.2) is 24.3 Å². The molecule has 18 heavy (non-hydrogen) atoms. The summed E-state index contributed by atoms with van der Waals surface area (Å²) in [6.07, 6.45) is 0.353. The summed E-state index contributed by atoms with van der Waals surface area (Å²) in [5, 5.41) is -0.211. The molecule has 0 radical (unpaired) electrons. The molecule has 104 valence electrons. The van der Waals surface area contributed by atoms with Gasteiger partial charge in [-0.1, -0.05) is 36.0 Å². The molecule has 1 aromatic rings. The van der Waals surface area contributed by atoms with Crippen LogP contribution in [0.4, 0.5) is 5.69 Å². The Morgan fingerprint density at radius 3 is 2.44 bits per heavy atom. The van der Waals surface area contributed by atoms with Crippen molar-refractivity contribution in [2.24, 2.45) is 0 Å². The molecule has 8 heteroatoms. The molecule has 1 aromatic carbocycles. The van der Waals surface area contributed by atoms with E-state index in [4.69, 9.17) is 20.1 Å². The predicted molar refractivity (Wildman–Crippen MR) is 69.0 cm³/mol. The van der Waals surface area contributed by atoms with Crippen molar-refractivity contribution >= 4 is 31.4 Å². The topological polar surface area (TPSA) is 102 Å². The molecule has 0 aliphatic carbocycles. The van der Waals surface area contributed by atoms with E-state index in [0.717, 1.165) is 11.8 Å². The zero-order valence-electron chi connectivity index (χ0n) is 9.41. The van der Waals surface area contributed by atoms with Crippen LogP contribution >= 0.6 is 11.8 Å². The normalized spacial score (nSPS) is 10.8. The molecular weight excluding hydrogens is 365 g/mol. The van der Waals surface area contributed by atoms with Gasteiger partial charge >= 0.3 is 8.80 Å². The smallest absolute Gasteiger partial charge is 0.492 e. The molecule has 0 bridgehead atoms. The van der Waals surface area contributed by atoms with E-state index in [1.807, 2.05) is 0 Å². The van der Waals surface area contributed by atoms with Crippen LogP contribution in [0, 0.1) is 0 Å². The number of thioether (sulfide) groups is 1. The van der Waals surface area contributed by atoms with Crippen LogP contribution in [0.1, 0.15) is 16.8 Å². The van der Waals surface area contributed by atoms with Gasteiger partial charge in [0.1, 0.15) is 0 Å². The van der Waals surface area contributed by atoms with E-state index in [2.05, 4.69) is 0 Å². The van der Waals surface area contributed by atoms with E-state index < -0.39 is 8.80 Å². The summed E-state index contributed by atoms with van der Waals surface area (Å²) in [5.74, 6) is 0.392. The first-order valence-electron chi connectivity index (χ1n) is 5.05. The van der Waals surface area contributed by atoms with Gasteiger partial charge in [-0.2, -0.15) is 0 Å². The molecule has 0 saturated heterocycles. The molecule has 0 fully saturated rings. The quantitative estimate of drug-likeness (QED) is 0.533. The van der Waals surface area contributed by atoms with Crippen LogP contribution < -0.4 is 0 Å². The number of nitrogens with one attached hydrogen (secondary N) is 1. The Bertz CT molecular complexity index is 400. The second kappa shape index (κ2) is 8.07. The van der Waals surface area contributed by atoms with Crippen LogP contribution in [0.3, 0.4) is 0 Å². The Balaban J connectivity index is 0.00000289. The van der Waals surface area contributed by atoms with E-state index in [0.29, 0.717) is 17.7 Å². The summed E-state index contributed by atoms with van der Waals surface area (Å²) in [4.78, 5) is 38.0. The van der Waals surface area contributed by atoms with Gasteiger partial charge in [-0.05, 0) is 6.42 Å². The Kier molecular flexibility index (Phi) is 7.98. The summed E-state index contributed by atoms with van der Waals surface area (Å²) in [6, 6.07) is 6.43. The Morgan fingerprint density at radius 1 is 1.28 bits per heavy atom. The molecule has 5 nitrogen and oxygen atoms in total. The molecule has 0 aromatic heterocycles. The minimum Gasteiger partial charge on any atom is -0.698 e. The van der Waals surface area contributed by atoms with Crippen molar-refractivity contribution in [3.8, 4) is 0 Å². The van der Waals surface area contributed by atoms with Gasteiger partial charge in [-0.15, -0.1) is 5.69 Å². The Morgan fingerprint density at radius 2 is 1.89 bits per heavy atom. The van der Waals surface area contributed by atoms with E-state index in [-0.39, 0.29) is 37.3 Å². The van der Waals surface area contributed by atoms with Crippen molar-refractivity contribution in [3.05, 3.63) is 35.6 Å². The van der Waals surface area contributed by atoms with Gasteiger partial charge in [0.25, 0.3) is 0 Å². The average Bonchev–Trinajstić information content (AvgIpc) is 2.23. The molecule has 0 unspecified atom stereocenters. The van der Waals surface area contributed by atoms with Gasteiger partial charge < -0.3 is 20.1 Å². The SMILES string of the molecule is [NH-]c1ccccc1C(=O)SCCC[Si](O)(O)O.[Pd]. The minimum atomic E-state index is -3.98. The van der Waals surface area contributed by atoms with Crippen molar-refractivity contribution in [2.45, 2.75) is 12.5 Å². The third-order valence-electron chi connectivity index (χ3n) is 2.04. The summed E-state index contributed by atoms with van der Waals surface area (Å²) in [7, 11) is -3.98. The largest absolute Gasteiger partial charge is 0.698 e. The minimum absolute atomic E-state index is 0. The molecule has 0 saturated carbocycles. The fourth-order valence-corrected chi connectivity index (χ4v) is 2.93. The van der Waals surface area contributed by atoms with Gasteiger partial charge in [0.15, 0.2) is 0 Å². The fourth-order valence-electron chi connectivity index (χ4n) is 1.21. The number of rotatable bonds is 5. The molecule has 4 N–H and O–H groups in total. The zero-order chi connectivity index (χ0) is 12.9. The molecule has 0 spiro atoms. The Labute approximate surface area is 124 Å². The molecule has 0 aliphatic rings. The second-order valence-electron chi connectivity index (χ2n) is 3.56. The summed E-state index contributed by atoms with van der Waals surface area (Å²) in [5.41, 5.74) is 8.06. The Hall–Kier alpha value is -0.201. The number of carbonyl (C=O) groups excluding carboxylic acids is 1. The summed E-state index contributed by atoms with van der Waals surface area (Å²) < 4.78 is 0. The summed E-state index contributed by atoms with van der Waals surface area (Å²) >= 11 is 1.01. The first-order chi connectivity index (χ1) is 7.90. The van der Waals surface area contributed by atoms with Crippen molar-refractivity contribution in [3.63, 3.8) is 0 Å². The molecule has 0 amide bonds. The van der Waals surface area contributed by atoms with E-state index in [9.17, 15) is 4.79 Å².